The molecular weight excluding hydrogens is 328 g/mol. The van der Waals surface area contributed by atoms with Gasteiger partial charge in [-0.15, -0.1) is 0 Å². The SMILES string of the molecule is Cc1ccn2c(C)c(CCc3ccc4nc(N=C(N)N)oc4c3)nc2c1. The lowest BCUT2D eigenvalue weighted by Gasteiger charge is -2.01. The van der Waals surface area contributed by atoms with E-state index in [-0.39, 0.29) is 12.0 Å². The van der Waals surface area contributed by atoms with E-state index in [4.69, 9.17) is 20.9 Å². The molecule has 0 fully saturated rings. The van der Waals surface area contributed by atoms with E-state index in [1.807, 2.05) is 18.2 Å². The van der Waals surface area contributed by atoms with Crippen molar-refractivity contribution < 1.29 is 4.42 Å². The third-order valence-corrected chi connectivity index (χ3v) is 4.44. The smallest absolute Gasteiger partial charge is 0.325 e. The number of hydrogen-bond acceptors (Lipinski definition) is 4. The Hall–Kier alpha value is -3.35. The van der Waals surface area contributed by atoms with Crippen LogP contribution < -0.4 is 11.5 Å². The van der Waals surface area contributed by atoms with Gasteiger partial charge < -0.3 is 20.3 Å². The molecule has 0 aliphatic rings. The number of aromatic nitrogens is 3. The number of aliphatic imine (C=N–C) groups is 1. The second kappa shape index (κ2) is 6.18. The van der Waals surface area contributed by atoms with Crippen molar-refractivity contribution in [2.75, 3.05) is 0 Å². The molecule has 0 aliphatic heterocycles. The minimum absolute atomic E-state index is 0.0747. The molecule has 0 bridgehead atoms. The predicted octanol–water partition coefficient (Wildman–Crippen LogP) is 2.78. The van der Waals surface area contributed by atoms with E-state index >= 15 is 0 Å². The Bertz CT molecular complexity index is 1130. The maximum atomic E-state index is 5.58. The number of oxazole rings is 1. The van der Waals surface area contributed by atoms with Crippen LogP contribution in [0.5, 0.6) is 0 Å². The Labute approximate surface area is 150 Å². The normalized spacial score (nSPS) is 11.3. The summed E-state index contributed by atoms with van der Waals surface area (Å²) in [5.41, 5.74) is 17.8. The van der Waals surface area contributed by atoms with Crippen molar-refractivity contribution in [2.45, 2.75) is 26.7 Å². The molecule has 3 aromatic heterocycles. The highest BCUT2D eigenvalue weighted by molar-refractivity contribution is 5.80. The van der Waals surface area contributed by atoms with Gasteiger partial charge in [-0.05, 0) is 62.1 Å². The van der Waals surface area contributed by atoms with Crippen LogP contribution in [0.1, 0.15) is 22.5 Å². The molecule has 0 radical (unpaired) electrons. The van der Waals surface area contributed by atoms with Gasteiger partial charge in [-0.2, -0.15) is 9.98 Å². The van der Waals surface area contributed by atoms with Crippen LogP contribution >= 0.6 is 0 Å². The summed E-state index contributed by atoms with van der Waals surface area (Å²) >= 11 is 0. The predicted molar refractivity (Wildman–Crippen MR) is 102 cm³/mol. The van der Waals surface area contributed by atoms with Crippen LogP contribution in [0, 0.1) is 13.8 Å². The number of aryl methyl sites for hydroxylation is 4. The fraction of sp³-hybridized carbons (Fsp3) is 0.211. The molecule has 26 heavy (non-hydrogen) atoms. The van der Waals surface area contributed by atoms with Crippen LogP contribution in [0.25, 0.3) is 16.7 Å². The Balaban J connectivity index is 1.57. The number of rotatable bonds is 4. The molecule has 0 saturated heterocycles. The van der Waals surface area contributed by atoms with Crippen LogP contribution in [-0.2, 0) is 12.8 Å². The van der Waals surface area contributed by atoms with Gasteiger partial charge in [0.05, 0.1) is 5.69 Å². The average Bonchev–Trinajstić information content (AvgIpc) is 3.12. The Morgan fingerprint density at radius 3 is 2.77 bits per heavy atom. The van der Waals surface area contributed by atoms with E-state index in [0.717, 1.165) is 35.3 Å². The molecule has 7 heteroatoms. The second-order valence-electron chi connectivity index (χ2n) is 6.41. The van der Waals surface area contributed by atoms with Crippen molar-refractivity contribution in [2.24, 2.45) is 16.5 Å². The zero-order valence-electron chi connectivity index (χ0n) is 14.7. The third-order valence-electron chi connectivity index (χ3n) is 4.44. The highest BCUT2D eigenvalue weighted by Gasteiger charge is 2.10. The molecular formula is C19H20N6O. The molecule has 4 rings (SSSR count). The molecule has 4 N–H and O–H groups in total. The fourth-order valence-corrected chi connectivity index (χ4v) is 3.09. The average molecular weight is 348 g/mol. The van der Waals surface area contributed by atoms with E-state index < -0.39 is 0 Å². The Morgan fingerprint density at radius 1 is 1.12 bits per heavy atom. The van der Waals surface area contributed by atoms with Gasteiger partial charge in [0.25, 0.3) is 0 Å². The van der Waals surface area contributed by atoms with Crippen molar-refractivity contribution in [1.82, 2.24) is 14.4 Å². The quantitative estimate of drug-likeness (QED) is 0.435. The summed E-state index contributed by atoms with van der Waals surface area (Å²) in [4.78, 5) is 12.8. The largest absolute Gasteiger partial charge is 0.422 e. The number of benzene rings is 1. The standard InChI is InChI=1S/C19H20N6O/c1-11-7-8-25-12(2)14(22-17(25)9-11)5-3-13-4-6-15-16(10-13)26-19(23-15)24-18(20)21/h4,6-10H,3,5H2,1-2H3,(H4,20,21,23,24). The first-order chi connectivity index (χ1) is 12.5. The van der Waals surface area contributed by atoms with Crippen LogP contribution in [-0.4, -0.2) is 20.3 Å². The number of nitrogens with zero attached hydrogens (tertiary/aromatic N) is 4. The van der Waals surface area contributed by atoms with E-state index in [1.54, 1.807) is 0 Å². The summed E-state index contributed by atoms with van der Waals surface area (Å²) < 4.78 is 7.71. The third kappa shape index (κ3) is 2.99. The molecule has 132 valence electrons. The second-order valence-corrected chi connectivity index (χ2v) is 6.41. The van der Waals surface area contributed by atoms with Crippen LogP contribution in [0.3, 0.4) is 0 Å². The van der Waals surface area contributed by atoms with Crippen molar-refractivity contribution in [3.05, 3.63) is 59.0 Å². The van der Waals surface area contributed by atoms with Crippen LogP contribution in [0.4, 0.5) is 6.01 Å². The van der Waals surface area contributed by atoms with E-state index in [1.165, 1.54) is 11.3 Å². The zero-order valence-corrected chi connectivity index (χ0v) is 14.7. The van der Waals surface area contributed by atoms with Gasteiger partial charge in [-0.25, -0.2) is 4.98 Å². The summed E-state index contributed by atoms with van der Waals surface area (Å²) in [6, 6.07) is 10.3. The molecule has 0 atom stereocenters. The molecule has 0 unspecified atom stereocenters. The lowest BCUT2D eigenvalue weighted by Crippen LogP contribution is -2.21. The summed E-state index contributed by atoms with van der Waals surface area (Å²) in [6.07, 6.45) is 3.78. The van der Waals surface area contributed by atoms with Gasteiger partial charge in [0.2, 0.25) is 0 Å². The maximum Gasteiger partial charge on any atom is 0.325 e. The highest BCUT2D eigenvalue weighted by atomic mass is 16.4. The summed E-state index contributed by atoms with van der Waals surface area (Å²) in [6.45, 7) is 4.18. The number of pyridine rings is 1. The van der Waals surface area contributed by atoms with E-state index in [9.17, 15) is 0 Å². The zero-order chi connectivity index (χ0) is 18.3. The summed E-state index contributed by atoms with van der Waals surface area (Å²) in [7, 11) is 0. The van der Waals surface area contributed by atoms with E-state index in [2.05, 4.69) is 46.6 Å². The molecule has 1 aromatic carbocycles. The molecule has 0 spiro atoms. The lowest BCUT2D eigenvalue weighted by atomic mass is 10.1. The number of imidazole rings is 1. The fourth-order valence-electron chi connectivity index (χ4n) is 3.09. The molecule has 4 aromatic rings. The number of guanidine groups is 1. The molecule has 7 nitrogen and oxygen atoms in total. The minimum Gasteiger partial charge on any atom is -0.422 e. The summed E-state index contributed by atoms with van der Waals surface area (Å²) in [5, 5.41) is 0. The van der Waals surface area contributed by atoms with Gasteiger partial charge >= 0.3 is 6.01 Å². The molecule has 0 amide bonds. The van der Waals surface area contributed by atoms with Crippen molar-refractivity contribution in [3.63, 3.8) is 0 Å². The number of hydrogen-bond donors (Lipinski definition) is 2. The van der Waals surface area contributed by atoms with Gasteiger partial charge in [-0.1, -0.05) is 6.07 Å². The van der Waals surface area contributed by atoms with Crippen molar-refractivity contribution in [1.29, 1.82) is 0 Å². The topological polar surface area (TPSA) is 108 Å². The van der Waals surface area contributed by atoms with Crippen LogP contribution in [0.15, 0.2) is 45.9 Å². The lowest BCUT2D eigenvalue weighted by molar-refractivity contribution is 0.613. The first-order valence-electron chi connectivity index (χ1n) is 8.43. The van der Waals surface area contributed by atoms with Crippen molar-refractivity contribution in [3.8, 4) is 0 Å². The monoisotopic (exact) mass is 348 g/mol. The van der Waals surface area contributed by atoms with Crippen LogP contribution in [0.2, 0.25) is 0 Å². The maximum absolute atomic E-state index is 5.58. The van der Waals surface area contributed by atoms with E-state index in [0.29, 0.717) is 5.58 Å². The molecule has 0 aliphatic carbocycles. The van der Waals surface area contributed by atoms with Gasteiger partial charge in [0.15, 0.2) is 11.5 Å². The van der Waals surface area contributed by atoms with Crippen molar-refractivity contribution >= 4 is 28.7 Å². The highest BCUT2D eigenvalue weighted by Crippen LogP contribution is 2.23. The van der Waals surface area contributed by atoms with Gasteiger partial charge in [-0.3, -0.25) is 0 Å². The molecule has 3 heterocycles. The molecule has 0 saturated carbocycles. The van der Waals surface area contributed by atoms with Gasteiger partial charge in [0, 0.05) is 11.9 Å². The first kappa shape index (κ1) is 16.1. The Kier molecular flexibility index (Phi) is 3.84. The summed E-state index contributed by atoms with van der Waals surface area (Å²) in [5.74, 6) is -0.0747. The Morgan fingerprint density at radius 2 is 1.96 bits per heavy atom. The number of nitrogens with two attached hydrogens (primary N) is 2. The number of fused-ring (bicyclic) bond motifs is 2. The first-order valence-corrected chi connectivity index (χ1v) is 8.43. The minimum atomic E-state index is -0.0747. The van der Waals surface area contributed by atoms with Gasteiger partial charge in [0.1, 0.15) is 11.2 Å².